The highest BCUT2D eigenvalue weighted by molar-refractivity contribution is 8.05. The first-order chi connectivity index (χ1) is 29.0. The van der Waals surface area contributed by atoms with Crippen LogP contribution in [0.3, 0.4) is 0 Å². The Hall–Kier alpha value is -6.46. The molecule has 0 atom stereocenters. The fourth-order valence-corrected chi connectivity index (χ4v) is 12.3. The minimum absolute atomic E-state index is 0.206. The van der Waals surface area contributed by atoms with Crippen molar-refractivity contribution in [1.29, 1.82) is 0 Å². The molecule has 0 bridgehead atoms. The van der Waals surface area contributed by atoms with Gasteiger partial charge in [-0.25, -0.2) is 0 Å². The van der Waals surface area contributed by atoms with Gasteiger partial charge in [-0.05, 0) is 105 Å². The molecule has 0 radical (unpaired) electrons. The van der Waals surface area contributed by atoms with Crippen LogP contribution in [0.25, 0.3) is 60.5 Å². The van der Waals surface area contributed by atoms with E-state index in [2.05, 4.69) is 217 Å². The predicted octanol–water partition coefficient (Wildman–Crippen LogP) is 16.0. The van der Waals surface area contributed by atoms with Crippen molar-refractivity contribution in [3.05, 3.63) is 205 Å². The second-order valence-corrected chi connectivity index (χ2v) is 18.2. The van der Waals surface area contributed by atoms with Crippen LogP contribution in [0, 0.1) is 0 Å². The minimum Gasteiger partial charge on any atom is -0.310 e. The Bertz CT molecular complexity index is 3280. The lowest BCUT2D eigenvalue weighted by molar-refractivity contribution is 0.645. The monoisotopic (exact) mass is 790 g/mol. The number of nitrogens with zero attached hydrogens (tertiary/aromatic N) is 2. The van der Waals surface area contributed by atoms with Gasteiger partial charge in [0, 0.05) is 58.2 Å². The number of rotatable bonds is 5. The van der Waals surface area contributed by atoms with E-state index >= 15 is 0 Å². The molecule has 0 N–H and O–H groups in total. The first kappa shape index (κ1) is 34.6. The summed E-state index contributed by atoms with van der Waals surface area (Å²) in [4.78, 5) is 7.81. The molecule has 2 nitrogen and oxygen atoms in total. The van der Waals surface area contributed by atoms with Gasteiger partial charge in [0.15, 0.2) is 0 Å². The Morgan fingerprint density at radius 2 is 1.05 bits per heavy atom. The van der Waals surface area contributed by atoms with Crippen LogP contribution in [-0.4, -0.2) is 4.57 Å². The molecule has 0 amide bonds. The van der Waals surface area contributed by atoms with Gasteiger partial charge in [0.2, 0.25) is 0 Å². The normalized spacial score (nSPS) is 13.6. The summed E-state index contributed by atoms with van der Waals surface area (Å²) in [5.41, 5.74) is 14.9. The molecule has 0 fully saturated rings. The molecule has 0 unspecified atom stereocenters. The Balaban J connectivity index is 0.952. The number of benzene rings is 9. The lowest BCUT2D eigenvalue weighted by Gasteiger charge is -2.28. The van der Waals surface area contributed by atoms with Crippen molar-refractivity contribution < 1.29 is 0 Å². The molecule has 2 aliphatic rings. The molecule has 59 heavy (non-hydrogen) atoms. The van der Waals surface area contributed by atoms with Crippen LogP contribution in [0.2, 0.25) is 0 Å². The van der Waals surface area contributed by atoms with Gasteiger partial charge >= 0.3 is 0 Å². The molecule has 2 heterocycles. The number of fused-ring (bicyclic) bond motifs is 11. The van der Waals surface area contributed by atoms with Gasteiger partial charge in [0.25, 0.3) is 0 Å². The van der Waals surface area contributed by atoms with Gasteiger partial charge in [-0.1, -0.05) is 165 Å². The van der Waals surface area contributed by atoms with Crippen molar-refractivity contribution in [2.45, 2.75) is 38.8 Å². The first-order valence-electron chi connectivity index (χ1n) is 20.3. The number of para-hydroxylation sites is 2. The molecule has 1 aliphatic carbocycles. The van der Waals surface area contributed by atoms with Crippen LogP contribution in [0.1, 0.15) is 25.0 Å². The maximum Gasteiger partial charge on any atom is 0.0588 e. The zero-order valence-electron chi connectivity index (χ0n) is 32.7. The average molecular weight is 791 g/mol. The number of hydrogen-bond acceptors (Lipinski definition) is 3. The van der Waals surface area contributed by atoms with Gasteiger partial charge in [-0.2, -0.15) is 0 Å². The third-order valence-electron chi connectivity index (χ3n) is 12.4. The van der Waals surface area contributed by atoms with E-state index in [9.17, 15) is 0 Å². The minimum atomic E-state index is -0.206. The molecule has 4 heteroatoms. The summed E-state index contributed by atoms with van der Waals surface area (Å²) in [5.74, 6) is 0. The van der Waals surface area contributed by atoms with Crippen molar-refractivity contribution in [3.63, 3.8) is 0 Å². The fraction of sp³-hybridized carbons (Fsp3) is 0.0545. The highest BCUT2D eigenvalue weighted by atomic mass is 32.2. The second kappa shape index (κ2) is 13.3. The van der Waals surface area contributed by atoms with Gasteiger partial charge in [-0.15, -0.1) is 0 Å². The van der Waals surface area contributed by atoms with Crippen molar-refractivity contribution in [1.82, 2.24) is 4.57 Å². The molecule has 1 aliphatic heterocycles. The molecule has 12 rings (SSSR count). The van der Waals surface area contributed by atoms with Crippen LogP contribution in [-0.2, 0) is 5.41 Å². The van der Waals surface area contributed by atoms with Crippen LogP contribution in [0.15, 0.2) is 214 Å². The van der Waals surface area contributed by atoms with Gasteiger partial charge < -0.3 is 9.47 Å². The van der Waals surface area contributed by atoms with Crippen LogP contribution < -0.4 is 4.90 Å². The van der Waals surface area contributed by atoms with Crippen molar-refractivity contribution in [2.24, 2.45) is 0 Å². The zero-order valence-corrected chi connectivity index (χ0v) is 34.3. The van der Waals surface area contributed by atoms with E-state index in [1.165, 1.54) is 91.2 Å². The molecule has 0 saturated heterocycles. The lowest BCUT2D eigenvalue weighted by Crippen LogP contribution is -2.18. The lowest BCUT2D eigenvalue weighted by atomic mass is 9.81. The SMILES string of the molecule is CC1(C)c2c(ccc3c2Sc2ccccc2S3)-c2ccc3c4ccccc4n(-c4ccc(-c5ccc(N(c6ccccc6)c6cccc7ccccc67)cc5)cc4)c3c21. The Labute approximate surface area is 352 Å². The molecular formula is C55H38N2S2. The fourth-order valence-electron chi connectivity index (χ4n) is 9.76. The van der Waals surface area contributed by atoms with Gasteiger partial charge in [0.05, 0.1) is 16.7 Å². The number of anilines is 3. The Kier molecular flexibility index (Phi) is 7.78. The van der Waals surface area contributed by atoms with Crippen LogP contribution >= 0.6 is 23.5 Å². The number of hydrogen-bond donors (Lipinski definition) is 0. The van der Waals surface area contributed by atoms with Gasteiger partial charge in [0.1, 0.15) is 0 Å². The predicted molar refractivity (Wildman–Crippen MR) is 251 cm³/mol. The highest BCUT2D eigenvalue weighted by Crippen LogP contribution is 2.60. The first-order valence-corrected chi connectivity index (χ1v) is 21.9. The molecular weight excluding hydrogens is 753 g/mol. The van der Waals surface area contributed by atoms with E-state index < -0.39 is 0 Å². The summed E-state index contributed by atoms with van der Waals surface area (Å²) in [6, 6.07) is 71.3. The summed E-state index contributed by atoms with van der Waals surface area (Å²) in [6.45, 7) is 4.88. The summed E-state index contributed by atoms with van der Waals surface area (Å²) in [6.07, 6.45) is 0. The average Bonchev–Trinajstić information content (AvgIpc) is 3.75. The summed E-state index contributed by atoms with van der Waals surface area (Å²) in [5, 5.41) is 5.04. The molecule has 1 aromatic heterocycles. The highest BCUT2D eigenvalue weighted by Gasteiger charge is 2.42. The van der Waals surface area contributed by atoms with Crippen molar-refractivity contribution >= 4 is 73.2 Å². The summed E-state index contributed by atoms with van der Waals surface area (Å²) >= 11 is 3.85. The largest absolute Gasteiger partial charge is 0.310 e. The maximum absolute atomic E-state index is 2.52. The summed E-state index contributed by atoms with van der Waals surface area (Å²) in [7, 11) is 0. The summed E-state index contributed by atoms with van der Waals surface area (Å²) < 4.78 is 2.52. The molecule has 10 aromatic rings. The van der Waals surface area contributed by atoms with E-state index in [0.717, 1.165) is 17.1 Å². The standard InChI is InChI=1S/C55H38N2S2/c1-55(2)51-43(44-33-34-50-54(52(44)55)59-49-22-11-10-21-48(49)58-50)31-32-45-42-18-8-9-19-47(42)57(53(45)51)40-29-25-36(26-30-40)35-23-27-39(28-24-35)56(38-15-4-3-5-16-38)46-20-12-14-37-13-6-7-17-41(37)46/h3-34H,1-2H3. The molecule has 280 valence electrons. The molecule has 9 aromatic carbocycles. The third kappa shape index (κ3) is 5.30. The van der Waals surface area contributed by atoms with Gasteiger partial charge in [-0.3, -0.25) is 0 Å². The smallest absolute Gasteiger partial charge is 0.0588 e. The Morgan fingerprint density at radius 3 is 1.85 bits per heavy atom. The van der Waals surface area contributed by atoms with E-state index in [1.807, 2.05) is 23.5 Å². The maximum atomic E-state index is 2.52. The van der Waals surface area contributed by atoms with Crippen LogP contribution in [0.4, 0.5) is 17.1 Å². The van der Waals surface area contributed by atoms with E-state index in [1.54, 1.807) is 0 Å². The third-order valence-corrected chi connectivity index (χ3v) is 15.0. The van der Waals surface area contributed by atoms with E-state index in [4.69, 9.17) is 0 Å². The Morgan fingerprint density at radius 1 is 0.441 bits per heavy atom. The molecule has 0 saturated carbocycles. The van der Waals surface area contributed by atoms with Crippen molar-refractivity contribution in [2.75, 3.05) is 4.90 Å². The molecule has 0 spiro atoms. The topological polar surface area (TPSA) is 8.17 Å². The van der Waals surface area contributed by atoms with E-state index in [-0.39, 0.29) is 5.41 Å². The van der Waals surface area contributed by atoms with Crippen molar-refractivity contribution in [3.8, 4) is 27.9 Å². The number of aromatic nitrogens is 1. The van der Waals surface area contributed by atoms with Crippen LogP contribution in [0.5, 0.6) is 0 Å². The zero-order chi connectivity index (χ0) is 39.2. The second-order valence-electron chi connectivity index (χ2n) is 16.1. The van der Waals surface area contributed by atoms with E-state index in [0.29, 0.717) is 0 Å². The quantitative estimate of drug-likeness (QED) is 0.172.